The number of benzene rings is 2. The summed E-state index contributed by atoms with van der Waals surface area (Å²) < 4.78 is 19.4. The number of rotatable bonds is 4. The van der Waals surface area contributed by atoms with Crippen LogP contribution in [0.15, 0.2) is 36.4 Å². The van der Waals surface area contributed by atoms with Crippen molar-refractivity contribution in [3.63, 3.8) is 0 Å². The van der Waals surface area contributed by atoms with Crippen molar-refractivity contribution in [2.24, 2.45) is 0 Å². The van der Waals surface area contributed by atoms with E-state index in [1.165, 1.54) is 17.4 Å². The van der Waals surface area contributed by atoms with Crippen LogP contribution in [0.3, 0.4) is 0 Å². The summed E-state index contributed by atoms with van der Waals surface area (Å²) in [5.74, 6) is 0.397. The molecule has 0 aliphatic heterocycles. The molecule has 22 heavy (non-hydrogen) atoms. The molecule has 3 rings (SSSR count). The average Bonchev–Trinajstić information content (AvgIpc) is 2.89. The fraction of sp³-hybridized carbons (Fsp3) is 0.188. The van der Waals surface area contributed by atoms with Crippen LogP contribution in [-0.4, -0.2) is 12.1 Å². The largest absolute Gasteiger partial charge is 0.497 e. The Balaban J connectivity index is 1.82. The second-order valence-electron chi connectivity index (χ2n) is 4.89. The molecule has 0 saturated heterocycles. The molecule has 0 fully saturated rings. The Morgan fingerprint density at radius 3 is 2.68 bits per heavy atom. The molecule has 0 aliphatic rings. The molecule has 6 heteroatoms. The zero-order chi connectivity index (χ0) is 15.7. The molecule has 2 aromatic carbocycles. The van der Waals surface area contributed by atoms with Gasteiger partial charge in [-0.15, -0.1) is 0 Å². The number of aromatic nitrogens is 1. The highest BCUT2D eigenvalue weighted by molar-refractivity contribution is 7.22. The molecule has 0 spiro atoms. The van der Waals surface area contributed by atoms with Gasteiger partial charge >= 0.3 is 0 Å². The SMILES string of the molecule is COc1ccc([C@H](C)Nc2nc3cc(Cl)c(F)cc3s2)cc1. The highest BCUT2D eigenvalue weighted by Crippen LogP contribution is 2.32. The van der Waals surface area contributed by atoms with Crippen molar-refractivity contribution >= 4 is 38.3 Å². The number of methoxy groups -OCH3 is 1. The molecule has 0 amide bonds. The number of fused-ring (bicyclic) bond motifs is 1. The molecule has 3 aromatic rings. The Hall–Kier alpha value is -1.85. The van der Waals surface area contributed by atoms with Gasteiger partial charge in [-0.25, -0.2) is 9.37 Å². The number of ether oxygens (including phenoxy) is 1. The minimum absolute atomic E-state index is 0.0757. The minimum Gasteiger partial charge on any atom is -0.497 e. The molecule has 0 aliphatic carbocycles. The van der Waals surface area contributed by atoms with Gasteiger partial charge in [0.15, 0.2) is 5.13 Å². The summed E-state index contributed by atoms with van der Waals surface area (Å²) in [5, 5.41) is 4.15. The van der Waals surface area contributed by atoms with E-state index < -0.39 is 5.82 Å². The van der Waals surface area contributed by atoms with Crippen molar-refractivity contribution in [3.8, 4) is 5.75 Å². The van der Waals surface area contributed by atoms with Crippen LogP contribution in [0.2, 0.25) is 5.02 Å². The van der Waals surface area contributed by atoms with Gasteiger partial charge in [0.05, 0.1) is 28.4 Å². The minimum atomic E-state index is -0.424. The summed E-state index contributed by atoms with van der Waals surface area (Å²) in [7, 11) is 1.64. The summed E-state index contributed by atoms with van der Waals surface area (Å²) in [6.45, 7) is 2.04. The van der Waals surface area contributed by atoms with Crippen LogP contribution in [0.25, 0.3) is 10.2 Å². The Labute approximate surface area is 136 Å². The first kappa shape index (κ1) is 15.1. The second-order valence-corrected chi connectivity index (χ2v) is 6.33. The fourth-order valence-electron chi connectivity index (χ4n) is 2.15. The maximum Gasteiger partial charge on any atom is 0.184 e. The maximum atomic E-state index is 13.5. The van der Waals surface area contributed by atoms with Gasteiger partial charge in [0.25, 0.3) is 0 Å². The lowest BCUT2D eigenvalue weighted by Gasteiger charge is -2.13. The molecule has 3 nitrogen and oxygen atoms in total. The third-order valence-electron chi connectivity index (χ3n) is 3.39. The summed E-state index contributed by atoms with van der Waals surface area (Å²) in [4.78, 5) is 4.45. The number of hydrogen-bond acceptors (Lipinski definition) is 4. The van der Waals surface area contributed by atoms with Crippen LogP contribution >= 0.6 is 22.9 Å². The predicted octanol–water partition coefficient (Wildman–Crippen LogP) is 5.27. The summed E-state index contributed by atoms with van der Waals surface area (Å²) in [5.41, 5.74) is 1.81. The number of nitrogens with one attached hydrogen (secondary N) is 1. The lowest BCUT2D eigenvalue weighted by molar-refractivity contribution is 0.414. The average molecular weight is 337 g/mol. The van der Waals surface area contributed by atoms with Crippen LogP contribution in [0.5, 0.6) is 5.75 Å². The summed E-state index contributed by atoms with van der Waals surface area (Å²) >= 11 is 7.19. The Kier molecular flexibility index (Phi) is 4.18. The third kappa shape index (κ3) is 3.00. The van der Waals surface area contributed by atoms with Gasteiger partial charge < -0.3 is 10.1 Å². The van der Waals surface area contributed by atoms with Crippen molar-refractivity contribution in [3.05, 3.63) is 52.8 Å². The topological polar surface area (TPSA) is 34.1 Å². The summed E-state index contributed by atoms with van der Waals surface area (Å²) in [6, 6.07) is 10.9. The zero-order valence-corrected chi connectivity index (χ0v) is 13.6. The van der Waals surface area contributed by atoms with Crippen LogP contribution in [0, 0.1) is 5.82 Å². The standard InChI is InChI=1S/C16H14ClFN2OS/c1-9(10-3-5-11(21-2)6-4-10)19-16-20-14-7-12(17)13(18)8-15(14)22-16/h3-9H,1-2H3,(H,19,20)/t9-/m0/s1. The smallest absolute Gasteiger partial charge is 0.184 e. The van der Waals surface area contributed by atoms with Crippen molar-refractivity contribution in [1.29, 1.82) is 0 Å². The van der Waals surface area contributed by atoms with Crippen LogP contribution in [-0.2, 0) is 0 Å². The zero-order valence-electron chi connectivity index (χ0n) is 12.1. The van der Waals surface area contributed by atoms with Crippen molar-refractivity contribution in [2.75, 3.05) is 12.4 Å². The number of thiazole rings is 1. The number of nitrogens with zero attached hydrogens (tertiary/aromatic N) is 1. The molecule has 0 radical (unpaired) electrons. The van der Waals surface area contributed by atoms with E-state index in [1.54, 1.807) is 13.2 Å². The lowest BCUT2D eigenvalue weighted by atomic mass is 10.1. The molecule has 1 atom stereocenters. The van der Waals surface area contributed by atoms with Gasteiger partial charge in [0.1, 0.15) is 11.6 Å². The highest BCUT2D eigenvalue weighted by atomic mass is 35.5. The van der Waals surface area contributed by atoms with E-state index in [0.717, 1.165) is 21.1 Å². The van der Waals surface area contributed by atoms with E-state index in [0.29, 0.717) is 5.52 Å². The van der Waals surface area contributed by atoms with Crippen LogP contribution in [0.4, 0.5) is 9.52 Å². The molecule has 0 unspecified atom stereocenters. The van der Waals surface area contributed by atoms with Crippen molar-refractivity contribution in [1.82, 2.24) is 4.98 Å². The van der Waals surface area contributed by atoms with Crippen molar-refractivity contribution < 1.29 is 9.13 Å². The van der Waals surface area contributed by atoms with E-state index in [2.05, 4.69) is 10.3 Å². The maximum absolute atomic E-state index is 13.5. The molecule has 1 aromatic heterocycles. The first-order chi connectivity index (χ1) is 10.6. The predicted molar refractivity (Wildman–Crippen MR) is 89.6 cm³/mol. The van der Waals surface area contributed by atoms with Crippen LogP contribution in [0.1, 0.15) is 18.5 Å². The highest BCUT2D eigenvalue weighted by Gasteiger charge is 2.11. The first-order valence-electron chi connectivity index (χ1n) is 6.73. The van der Waals surface area contributed by atoms with Gasteiger partial charge in [-0.1, -0.05) is 35.1 Å². The molecular formula is C16H14ClFN2OS. The Morgan fingerprint density at radius 2 is 2.00 bits per heavy atom. The van der Waals surface area contributed by atoms with E-state index in [1.807, 2.05) is 31.2 Å². The van der Waals surface area contributed by atoms with E-state index in [9.17, 15) is 4.39 Å². The molecule has 0 saturated carbocycles. The monoisotopic (exact) mass is 336 g/mol. The van der Waals surface area contributed by atoms with Crippen LogP contribution < -0.4 is 10.1 Å². The first-order valence-corrected chi connectivity index (χ1v) is 7.92. The van der Waals surface area contributed by atoms with E-state index in [4.69, 9.17) is 16.3 Å². The van der Waals surface area contributed by atoms with E-state index >= 15 is 0 Å². The second kappa shape index (κ2) is 6.10. The lowest BCUT2D eigenvalue weighted by Crippen LogP contribution is -2.06. The summed E-state index contributed by atoms with van der Waals surface area (Å²) in [6.07, 6.45) is 0. The van der Waals surface area contributed by atoms with Gasteiger partial charge in [-0.3, -0.25) is 0 Å². The van der Waals surface area contributed by atoms with Gasteiger partial charge in [0, 0.05) is 0 Å². The van der Waals surface area contributed by atoms with Gasteiger partial charge in [0.2, 0.25) is 0 Å². The normalized spacial score (nSPS) is 12.4. The molecule has 1 N–H and O–H groups in total. The number of anilines is 1. The molecule has 1 heterocycles. The third-order valence-corrected chi connectivity index (χ3v) is 4.63. The quantitative estimate of drug-likeness (QED) is 0.704. The molecular weight excluding hydrogens is 323 g/mol. The molecule has 114 valence electrons. The Morgan fingerprint density at radius 1 is 1.27 bits per heavy atom. The van der Waals surface area contributed by atoms with E-state index in [-0.39, 0.29) is 11.1 Å². The number of hydrogen-bond donors (Lipinski definition) is 1. The molecule has 0 bridgehead atoms. The fourth-order valence-corrected chi connectivity index (χ4v) is 3.26. The van der Waals surface area contributed by atoms with Gasteiger partial charge in [-0.2, -0.15) is 0 Å². The van der Waals surface area contributed by atoms with Gasteiger partial charge in [-0.05, 0) is 36.8 Å². The van der Waals surface area contributed by atoms with Crippen molar-refractivity contribution in [2.45, 2.75) is 13.0 Å². The number of halogens is 2. The Bertz CT molecular complexity index is 765.